The van der Waals surface area contributed by atoms with Crippen molar-refractivity contribution in [2.24, 2.45) is 0 Å². The molecule has 0 unspecified atom stereocenters. The van der Waals surface area contributed by atoms with Crippen LogP contribution < -0.4 is 4.74 Å². The minimum absolute atomic E-state index is 0.203. The molecule has 1 N–H and O–H groups in total. The van der Waals surface area contributed by atoms with Crippen LogP contribution in [0.1, 0.15) is 6.92 Å². The lowest BCUT2D eigenvalue weighted by Crippen LogP contribution is -2.03. The molecule has 22 heavy (non-hydrogen) atoms. The summed E-state index contributed by atoms with van der Waals surface area (Å²) in [5.74, 6) is 0.302. The van der Waals surface area contributed by atoms with Gasteiger partial charge in [0.15, 0.2) is 0 Å². The summed E-state index contributed by atoms with van der Waals surface area (Å²) in [7, 11) is 0. The van der Waals surface area contributed by atoms with Crippen molar-refractivity contribution in [2.45, 2.75) is 6.92 Å². The Morgan fingerprint density at radius 2 is 2.09 bits per heavy atom. The van der Waals surface area contributed by atoms with E-state index < -0.39 is 0 Å². The molecule has 0 saturated heterocycles. The second-order valence-electron chi connectivity index (χ2n) is 4.61. The summed E-state index contributed by atoms with van der Waals surface area (Å²) in [5, 5.41) is 15.0. The first-order valence-electron chi connectivity index (χ1n) is 6.31. The number of benzene rings is 2. The number of nitrogens with zero attached hydrogens (tertiary/aromatic N) is 2. The zero-order valence-electron chi connectivity index (χ0n) is 11.4. The molecular weight excluding hydrogens is 463 g/mol. The fraction of sp³-hybridized carbons (Fsp3) is 0.0667. The third-order valence-corrected chi connectivity index (χ3v) is 4.68. The summed E-state index contributed by atoms with van der Waals surface area (Å²) >= 11 is 5.66. The number of ether oxygens (including phenoxy) is 1. The van der Waals surface area contributed by atoms with E-state index in [0.29, 0.717) is 5.75 Å². The van der Waals surface area contributed by atoms with Crippen molar-refractivity contribution in [1.82, 2.24) is 9.78 Å². The number of phenols is 1. The van der Waals surface area contributed by atoms with Gasteiger partial charge in [0, 0.05) is 16.8 Å². The third kappa shape index (κ3) is 2.82. The van der Waals surface area contributed by atoms with Crippen LogP contribution in [0.4, 0.5) is 0 Å². The minimum Gasteiger partial charge on any atom is -0.508 e. The van der Waals surface area contributed by atoms with Gasteiger partial charge in [-0.2, -0.15) is 5.10 Å². The third-order valence-electron chi connectivity index (χ3n) is 3.00. The molecule has 0 saturated carbocycles. The number of carbonyl (C=O) groups excluding carboxylic acids is 1. The van der Waals surface area contributed by atoms with Crippen LogP contribution in [0.15, 0.2) is 40.9 Å². The number of phenolic OH excluding ortho intramolecular Hbond substituents is 1. The van der Waals surface area contributed by atoms with Gasteiger partial charge in [0.2, 0.25) is 0 Å². The lowest BCUT2D eigenvalue weighted by atomic mass is 10.2. The summed E-state index contributed by atoms with van der Waals surface area (Å²) in [6.07, 6.45) is 0. The van der Waals surface area contributed by atoms with E-state index >= 15 is 0 Å². The number of rotatable bonds is 2. The van der Waals surface area contributed by atoms with E-state index in [4.69, 9.17) is 4.74 Å². The first-order chi connectivity index (χ1) is 10.5. The lowest BCUT2D eigenvalue weighted by molar-refractivity contribution is -0.131. The van der Waals surface area contributed by atoms with Gasteiger partial charge in [0.1, 0.15) is 15.2 Å². The van der Waals surface area contributed by atoms with E-state index in [0.717, 1.165) is 24.8 Å². The van der Waals surface area contributed by atoms with Crippen LogP contribution in [0.25, 0.3) is 16.6 Å². The Labute approximate surface area is 148 Å². The quantitative estimate of drug-likeness (QED) is 0.347. The zero-order valence-corrected chi connectivity index (χ0v) is 15.1. The zero-order chi connectivity index (χ0) is 15.9. The van der Waals surface area contributed by atoms with Gasteiger partial charge in [-0.25, -0.2) is 4.68 Å². The van der Waals surface area contributed by atoms with Crippen molar-refractivity contribution in [3.8, 4) is 17.2 Å². The molecule has 2 aromatic carbocycles. The lowest BCUT2D eigenvalue weighted by Gasteiger charge is -2.08. The van der Waals surface area contributed by atoms with Crippen LogP contribution in [0.5, 0.6) is 11.5 Å². The van der Waals surface area contributed by atoms with Crippen LogP contribution in [-0.4, -0.2) is 20.9 Å². The molecule has 0 bridgehead atoms. The molecule has 0 aliphatic rings. The highest BCUT2D eigenvalue weighted by Gasteiger charge is 2.14. The van der Waals surface area contributed by atoms with Crippen molar-refractivity contribution < 1.29 is 14.6 Å². The fourth-order valence-corrected chi connectivity index (χ4v) is 3.42. The number of aromatic nitrogens is 2. The Kier molecular flexibility index (Phi) is 4.09. The van der Waals surface area contributed by atoms with Crippen LogP contribution in [0.2, 0.25) is 0 Å². The van der Waals surface area contributed by atoms with Crippen LogP contribution in [0.3, 0.4) is 0 Å². The second kappa shape index (κ2) is 5.88. The minimum atomic E-state index is -0.366. The fourth-order valence-electron chi connectivity index (χ4n) is 2.09. The standard InChI is InChI=1S/C15H10BrIN2O3/c1-8(20)22-10-3-5-14(12(16)7-10)19-15(17)11-6-9(21)2-4-13(11)18-19/h2-7,21H,1H3. The summed E-state index contributed by atoms with van der Waals surface area (Å²) in [4.78, 5) is 11.0. The molecule has 0 aliphatic heterocycles. The Hall–Kier alpha value is -1.61. The first-order valence-corrected chi connectivity index (χ1v) is 8.18. The van der Waals surface area contributed by atoms with Crippen LogP contribution in [0, 0.1) is 3.70 Å². The molecule has 1 aromatic heterocycles. The SMILES string of the molecule is CC(=O)Oc1ccc(-n2nc3ccc(O)cc3c2I)c(Br)c1. The normalized spacial score (nSPS) is 10.9. The molecule has 112 valence electrons. The Morgan fingerprint density at radius 1 is 1.32 bits per heavy atom. The smallest absolute Gasteiger partial charge is 0.308 e. The van der Waals surface area contributed by atoms with Crippen LogP contribution >= 0.6 is 38.5 Å². The van der Waals surface area contributed by atoms with Crippen molar-refractivity contribution >= 4 is 55.4 Å². The molecule has 0 atom stereocenters. The van der Waals surface area contributed by atoms with Gasteiger partial charge in [0.05, 0.1) is 11.2 Å². The summed E-state index contributed by atoms with van der Waals surface area (Å²) in [5.41, 5.74) is 1.61. The van der Waals surface area contributed by atoms with Gasteiger partial charge >= 0.3 is 5.97 Å². The predicted molar refractivity (Wildman–Crippen MR) is 94.5 cm³/mol. The monoisotopic (exact) mass is 472 g/mol. The number of aromatic hydroxyl groups is 1. The van der Waals surface area contributed by atoms with Gasteiger partial charge in [-0.05, 0) is 74.9 Å². The first kappa shape index (κ1) is 15.3. The number of carbonyl (C=O) groups is 1. The van der Waals surface area contributed by atoms with Crippen LogP contribution in [-0.2, 0) is 4.79 Å². The van der Waals surface area contributed by atoms with E-state index in [2.05, 4.69) is 43.6 Å². The second-order valence-corrected chi connectivity index (χ2v) is 6.49. The number of halogens is 2. The van der Waals surface area contributed by atoms with E-state index in [9.17, 15) is 9.90 Å². The maximum atomic E-state index is 11.0. The number of esters is 1. The van der Waals surface area contributed by atoms with E-state index in [1.165, 1.54) is 6.92 Å². The summed E-state index contributed by atoms with van der Waals surface area (Å²) in [6, 6.07) is 10.3. The molecule has 1 heterocycles. The van der Waals surface area contributed by atoms with Crippen molar-refractivity contribution in [3.63, 3.8) is 0 Å². The van der Waals surface area contributed by atoms with Gasteiger partial charge < -0.3 is 9.84 Å². The highest BCUT2D eigenvalue weighted by atomic mass is 127. The van der Waals surface area contributed by atoms with E-state index in [1.807, 2.05) is 6.07 Å². The number of fused-ring (bicyclic) bond motifs is 1. The number of hydrogen-bond acceptors (Lipinski definition) is 4. The number of hydrogen-bond donors (Lipinski definition) is 1. The highest BCUT2D eigenvalue weighted by Crippen LogP contribution is 2.31. The summed E-state index contributed by atoms with van der Waals surface area (Å²) < 4.78 is 8.46. The van der Waals surface area contributed by atoms with Gasteiger partial charge in [-0.3, -0.25) is 4.79 Å². The largest absolute Gasteiger partial charge is 0.508 e. The molecule has 0 fully saturated rings. The predicted octanol–water partition coefficient (Wildman–Crippen LogP) is 4.02. The molecule has 0 radical (unpaired) electrons. The average molecular weight is 473 g/mol. The summed E-state index contributed by atoms with van der Waals surface area (Å²) in [6.45, 7) is 1.36. The molecule has 3 aromatic rings. The maximum absolute atomic E-state index is 11.0. The van der Waals surface area contributed by atoms with Crippen molar-refractivity contribution in [2.75, 3.05) is 0 Å². The molecule has 5 nitrogen and oxygen atoms in total. The Bertz CT molecular complexity index is 892. The molecule has 0 spiro atoms. The maximum Gasteiger partial charge on any atom is 0.308 e. The Morgan fingerprint density at radius 3 is 2.77 bits per heavy atom. The van der Waals surface area contributed by atoms with Gasteiger partial charge in [-0.1, -0.05) is 0 Å². The average Bonchev–Trinajstić information content (AvgIpc) is 2.75. The molecule has 3 rings (SSSR count). The Balaban J connectivity index is 2.11. The molecule has 7 heteroatoms. The molecular formula is C15H10BrIN2O3. The van der Waals surface area contributed by atoms with E-state index in [1.54, 1.807) is 35.0 Å². The van der Waals surface area contributed by atoms with Crippen molar-refractivity contribution in [1.29, 1.82) is 0 Å². The van der Waals surface area contributed by atoms with Crippen molar-refractivity contribution in [3.05, 3.63) is 44.6 Å². The van der Waals surface area contributed by atoms with Gasteiger partial charge in [0.25, 0.3) is 0 Å². The topological polar surface area (TPSA) is 64.4 Å². The molecule has 0 aliphatic carbocycles. The van der Waals surface area contributed by atoms with Gasteiger partial charge in [-0.15, -0.1) is 0 Å². The molecule has 0 amide bonds. The van der Waals surface area contributed by atoms with E-state index in [-0.39, 0.29) is 11.7 Å². The highest BCUT2D eigenvalue weighted by molar-refractivity contribution is 14.1.